The van der Waals surface area contributed by atoms with Crippen LogP contribution < -0.4 is 0 Å². The van der Waals surface area contributed by atoms with Gasteiger partial charge in [0, 0.05) is 12.0 Å². The summed E-state index contributed by atoms with van der Waals surface area (Å²) in [5, 5.41) is 9.42. The Balaban J connectivity index is 1.70. The fourth-order valence-electron chi connectivity index (χ4n) is 6.39. The molecule has 2 heteroatoms. The van der Waals surface area contributed by atoms with Gasteiger partial charge in [0.05, 0.1) is 0 Å². The minimum Gasteiger partial charge on any atom is -0.396 e. The minimum absolute atomic E-state index is 0.0315. The fraction of sp³-hybridized carbons (Fsp3) is 0.667. The molecule has 23 heavy (non-hydrogen) atoms. The van der Waals surface area contributed by atoms with Crippen LogP contribution in [-0.2, 0) is 4.79 Å². The van der Waals surface area contributed by atoms with Crippen molar-refractivity contribution in [2.45, 2.75) is 46.0 Å². The SMILES string of the molecule is CC12C=CC(=O)C=C1C=CC1C2CCC2(C)C(CCO)CCC12. The van der Waals surface area contributed by atoms with E-state index in [1.165, 1.54) is 31.3 Å². The van der Waals surface area contributed by atoms with Crippen LogP contribution in [0.15, 0.2) is 36.0 Å². The van der Waals surface area contributed by atoms with Gasteiger partial charge in [0.25, 0.3) is 0 Å². The summed E-state index contributed by atoms with van der Waals surface area (Å²) in [4.78, 5) is 11.7. The number of hydrogen-bond donors (Lipinski definition) is 1. The van der Waals surface area contributed by atoms with Gasteiger partial charge in [0.15, 0.2) is 5.78 Å². The van der Waals surface area contributed by atoms with Crippen molar-refractivity contribution < 1.29 is 9.90 Å². The molecular weight excluding hydrogens is 284 g/mol. The number of aliphatic hydroxyl groups excluding tert-OH is 1. The highest BCUT2D eigenvalue weighted by Gasteiger charge is 2.57. The van der Waals surface area contributed by atoms with Gasteiger partial charge in [-0.25, -0.2) is 0 Å². The van der Waals surface area contributed by atoms with E-state index in [1.807, 2.05) is 6.08 Å². The molecule has 0 spiro atoms. The van der Waals surface area contributed by atoms with E-state index in [4.69, 9.17) is 0 Å². The minimum atomic E-state index is 0.0315. The third-order valence-electron chi connectivity index (χ3n) is 7.79. The van der Waals surface area contributed by atoms with Crippen LogP contribution in [0.2, 0.25) is 0 Å². The smallest absolute Gasteiger partial charge is 0.178 e. The number of aliphatic hydroxyl groups is 1. The largest absolute Gasteiger partial charge is 0.396 e. The van der Waals surface area contributed by atoms with E-state index in [2.05, 4.69) is 32.1 Å². The molecule has 0 saturated heterocycles. The molecule has 6 atom stereocenters. The van der Waals surface area contributed by atoms with Crippen molar-refractivity contribution in [3.8, 4) is 0 Å². The van der Waals surface area contributed by atoms with Crippen molar-refractivity contribution in [3.63, 3.8) is 0 Å². The lowest BCUT2D eigenvalue weighted by Crippen LogP contribution is -2.48. The lowest BCUT2D eigenvalue weighted by atomic mass is 9.49. The lowest BCUT2D eigenvalue weighted by molar-refractivity contribution is -0.110. The summed E-state index contributed by atoms with van der Waals surface area (Å²) in [5.41, 5.74) is 1.63. The van der Waals surface area contributed by atoms with Crippen LogP contribution in [0, 0.1) is 34.5 Å². The van der Waals surface area contributed by atoms with Crippen LogP contribution in [0.5, 0.6) is 0 Å². The molecule has 0 heterocycles. The van der Waals surface area contributed by atoms with Gasteiger partial charge in [-0.1, -0.05) is 32.1 Å². The average Bonchev–Trinajstić information content (AvgIpc) is 2.85. The van der Waals surface area contributed by atoms with E-state index in [1.54, 1.807) is 6.08 Å². The van der Waals surface area contributed by atoms with Crippen molar-refractivity contribution >= 4 is 5.78 Å². The Morgan fingerprint density at radius 1 is 1.17 bits per heavy atom. The van der Waals surface area contributed by atoms with E-state index in [0.29, 0.717) is 29.8 Å². The molecule has 0 radical (unpaired) electrons. The maximum Gasteiger partial charge on any atom is 0.178 e. The number of carbonyl (C=O) groups is 1. The molecule has 2 nitrogen and oxygen atoms in total. The molecule has 2 saturated carbocycles. The quantitative estimate of drug-likeness (QED) is 0.834. The first-order valence-electron chi connectivity index (χ1n) is 9.23. The van der Waals surface area contributed by atoms with Crippen molar-refractivity contribution in [2.24, 2.45) is 34.5 Å². The second kappa shape index (κ2) is 5.17. The normalized spacial score (nSPS) is 47.8. The summed E-state index contributed by atoms with van der Waals surface area (Å²) in [6.45, 7) is 5.13. The number of allylic oxidation sites excluding steroid dienone is 6. The summed E-state index contributed by atoms with van der Waals surface area (Å²) in [6.07, 6.45) is 16.5. The summed E-state index contributed by atoms with van der Waals surface area (Å²) in [6, 6.07) is 0. The first kappa shape index (κ1) is 15.4. The van der Waals surface area contributed by atoms with E-state index in [-0.39, 0.29) is 11.2 Å². The van der Waals surface area contributed by atoms with Crippen molar-refractivity contribution in [1.29, 1.82) is 0 Å². The van der Waals surface area contributed by atoms with E-state index in [0.717, 1.165) is 12.3 Å². The summed E-state index contributed by atoms with van der Waals surface area (Å²) >= 11 is 0. The Hall–Kier alpha value is -1.15. The first-order chi connectivity index (χ1) is 11.0. The van der Waals surface area contributed by atoms with Crippen LogP contribution in [0.1, 0.15) is 46.0 Å². The van der Waals surface area contributed by atoms with Crippen LogP contribution in [0.4, 0.5) is 0 Å². The third kappa shape index (κ3) is 2.07. The Morgan fingerprint density at radius 2 is 2.00 bits per heavy atom. The molecule has 4 aliphatic carbocycles. The molecule has 4 rings (SSSR count). The maximum absolute atomic E-state index is 11.7. The first-order valence-corrected chi connectivity index (χ1v) is 9.23. The molecular formula is C21H28O2. The van der Waals surface area contributed by atoms with E-state index in [9.17, 15) is 9.90 Å². The number of carbonyl (C=O) groups excluding carboxylic acids is 1. The van der Waals surface area contributed by atoms with Crippen molar-refractivity contribution in [3.05, 3.63) is 36.0 Å². The van der Waals surface area contributed by atoms with Gasteiger partial charge in [-0.15, -0.1) is 0 Å². The molecule has 4 aliphatic rings. The summed E-state index contributed by atoms with van der Waals surface area (Å²) in [7, 11) is 0. The summed E-state index contributed by atoms with van der Waals surface area (Å²) < 4.78 is 0. The molecule has 0 bridgehead atoms. The zero-order valence-electron chi connectivity index (χ0n) is 14.3. The van der Waals surface area contributed by atoms with Crippen LogP contribution in [0.3, 0.4) is 0 Å². The Kier molecular flexibility index (Phi) is 3.46. The zero-order chi connectivity index (χ0) is 16.2. The molecule has 0 aromatic carbocycles. The molecule has 0 aliphatic heterocycles. The number of hydrogen-bond acceptors (Lipinski definition) is 2. The van der Waals surface area contributed by atoms with Gasteiger partial charge < -0.3 is 5.11 Å². The van der Waals surface area contributed by atoms with Gasteiger partial charge in [0.2, 0.25) is 0 Å². The van der Waals surface area contributed by atoms with Crippen molar-refractivity contribution in [2.75, 3.05) is 6.61 Å². The number of rotatable bonds is 2. The highest BCUT2D eigenvalue weighted by Crippen LogP contribution is 2.64. The average molecular weight is 312 g/mol. The molecule has 6 unspecified atom stereocenters. The molecule has 0 aromatic rings. The molecule has 124 valence electrons. The lowest BCUT2D eigenvalue weighted by Gasteiger charge is -2.55. The fourth-order valence-corrected chi connectivity index (χ4v) is 6.39. The topological polar surface area (TPSA) is 37.3 Å². The zero-order valence-corrected chi connectivity index (χ0v) is 14.3. The van der Waals surface area contributed by atoms with Gasteiger partial charge in [-0.2, -0.15) is 0 Å². The predicted octanol–water partition coefficient (Wildman–Crippen LogP) is 4.07. The van der Waals surface area contributed by atoms with Crippen molar-refractivity contribution in [1.82, 2.24) is 0 Å². The van der Waals surface area contributed by atoms with Crippen LogP contribution in [-0.4, -0.2) is 17.5 Å². The molecule has 1 N–H and O–H groups in total. The predicted molar refractivity (Wildman–Crippen MR) is 91.7 cm³/mol. The second-order valence-electron chi connectivity index (χ2n) is 8.60. The van der Waals surface area contributed by atoms with Gasteiger partial charge in [0.1, 0.15) is 0 Å². The second-order valence-corrected chi connectivity index (χ2v) is 8.60. The van der Waals surface area contributed by atoms with Gasteiger partial charge in [-0.05, 0) is 78.9 Å². The highest BCUT2D eigenvalue weighted by molar-refractivity contribution is 6.01. The summed E-state index contributed by atoms with van der Waals surface area (Å²) in [5.74, 6) is 2.79. The van der Waals surface area contributed by atoms with Gasteiger partial charge in [-0.3, -0.25) is 4.79 Å². The van der Waals surface area contributed by atoms with E-state index >= 15 is 0 Å². The molecule has 2 fully saturated rings. The Labute approximate surface area is 139 Å². The highest BCUT2D eigenvalue weighted by atomic mass is 16.3. The monoisotopic (exact) mass is 312 g/mol. The number of fused-ring (bicyclic) bond motifs is 5. The maximum atomic E-state index is 11.7. The molecule has 0 amide bonds. The Bertz CT molecular complexity index is 613. The third-order valence-corrected chi connectivity index (χ3v) is 7.79. The van der Waals surface area contributed by atoms with Gasteiger partial charge >= 0.3 is 0 Å². The molecule has 0 aromatic heterocycles. The van der Waals surface area contributed by atoms with Crippen LogP contribution in [0.25, 0.3) is 0 Å². The number of ketones is 1. The Morgan fingerprint density at radius 3 is 2.78 bits per heavy atom. The standard InChI is InChI=1S/C21H28O2/c1-20-11-8-19-17(18(20)6-4-14(20)9-12-22)5-3-15-13-16(23)7-10-21(15,19)2/h3,5,7,10,13-14,17-19,22H,4,6,8-9,11-12H2,1-2H3. The van der Waals surface area contributed by atoms with E-state index < -0.39 is 0 Å². The van der Waals surface area contributed by atoms with Crippen LogP contribution >= 0.6 is 0 Å².